The van der Waals surface area contributed by atoms with Gasteiger partial charge in [0.15, 0.2) is 0 Å². The maximum absolute atomic E-state index is 11.7. The predicted octanol–water partition coefficient (Wildman–Crippen LogP) is 2.59. The van der Waals surface area contributed by atoms with Gasteiger partial charge in [0.05, 0.1) is 6.04 Å². The van der Waals surface area contributed by atoms with Crippen molar-refractivity contribution in [1.29, 1.82) is 0 Å². The van der Waals surface area contributed by atoms with Crippen molar-refractivity contribution in [2.24, 2.45) is 11.7 Å². The summed E-state index contributed by atoms with van der Waals surface area (Å²) in [7, 11) is 0. The molecule has 0 aliphatic carbocycles. The largest absolute Gasteiger partial charge is 0.325 e. The van der Waals surface area contributed by atoms with Gasteiger partial charge in [-0.25, -0.2) is 0 Å². The molecule has 1 amide bonds. The second-order valence-electron chi connectivity index (χ2n) is 6.18. The minimum atomic E-state index is -0.431. The zero-order valence-electron chi connectivity index (χ0n) is 13.1. The Kier molecular flexibility index (Phi) is 5.76. The molecule has 1 aromatic rings. The number of anilines is 1. The third kappa shape index (κ3) is 4.83. The van der Waals surface area contributed by atoms with Crippen molar-refractivity contribution in [2.45, 2.75) is 45.7 Å². The van der Waals surface area contributed by atoms with Gasteiger partial charge < -0.3 is 11.1 Å². The zero-order chi connectivity index (χ0) is 15.2. The van der Waals surface area contributed by atoms with E-state index < -0.39 is 6.04 Å². The topological polar surface area (TPSA) is 58.4 Å². The summed E-state index contributed by atoms with van der Waals surface area (Å²) in [6.45, 7) is 7.60. The molecule has 1 unspecified atom stereocenters. The van der Waals surface area contributed by atoms with Gasteiger partial charge >= 0.3 is 0 Å². The van der Waals surface area contributed by atoms with Crippen LogP contribution in [-0.2, 0) is 11.3 Å². The zero-order valence-corrected chi connectivity index (χ0v) is 13.1. The van der Waals surface area contributed by atoms with E-state index in [1.54, 1.807) is 0 Å². The number of nitrogens with zero attached hydrogens (tertiary/aromatic N) is 1. The lowest BCUT2D eigenvalue weighted by Crippen LogP contribution is -2.34. The van der Waals surface area contributed by atoms with Gasteiger partial charge in [-0.05, 0) is 49.4 Å². The Balaban J connectivity index is 1.88. The van der Waals surface area contributed by atoms with E-state index >= 15 is 0 Å². The van der Waals surface area contributed by atoms with Crippen molar-refractivity contribution in [2.75, 3.05) is 18.4 Å². The Morgan fingerprint density at radius 2 is 2.14 bits per heavy atom. The van der Waals surface area contributed by atoms with Crippen molar-refractivity contribution in [3.8, 4) is 0 Å². The summed E-state index contributed by atoms with van der Waals surface area (Å²) in [5.74, 6) is 0.683. The first-order chi connectivity index (χ1) is 10.1. The maximum Gasteiger partial charge on any atom is 0.241 e. The summed E-state index contributed by atoms with van der Waals surface area (Å²) in [5, 5.41) is 2.85. The van der Waals surface area contributed by atoms with Crippen LogP contribution in [-0.4, -0.2) is 29.9 Å². The van der Waals surface area contributed by atoms with Crippen LogP contribution in [0.2, 0.25) is 0 Å². The monoisotopic (exact) mass is 289 g/mol. The predicted molar refractivity (Wildman–Crippen MR) is 87.0 cm³/mol. The molecule has 1 aliphatic heterocycles. The number of benzene rings is 1. The maximum atomic E-state index is 11.7. The first-order valence-electron chi connectivity index (χ1n) is 7.96. The van der Waals surface area contributed by atoms with Crippen molar-refractivity contribution in [3.05, 3.63) is 29.8 Å². The average molecular weight is 289 g/mol. The van der Waals surface area contributed by atoms with Gasteiger partial charge in [0.1, 0.15) is 0 Å². The van der Waals surface area contributed by atoms with Crippen LogP contribution in [0.3, 0.4) is 0 Å². The third-order valence-electron chi connectivity index (χ3n) is 4.15. The molecule has 1 saturated heterocycles. The van der Waals surface area contributed by atoms with Crippen LogP contribution in [0.25, 0.3) is 0 Å². The van der Waals surface area contributed by atoms with Crippen LogP contribution in [0.4, 0.5) is 5.69 Å². The molecule has 2 atom stereocenters. The number of likely N-dealkylation sites (tertiary alicyclic amines) is 1. The number of amides is 1. The Morgan fingerprint density at radius 1 is 1.43 bits per heavy atom. The molecule has 0 spiro atoms. The highest BCUT2D eigenvalue weighted by Crippen LogP contribution is 2.18. The molecule has 21 heavy (non-hydrogen) atoms. The molecule has 0 radical (unpaired) electrons. The van der Waals surface area contributed by atoms with E-state index in [4.69, 9.17) is 5.73 Å². The molecule has 1 fully saturated rings. The standard InChI is InChI=1S/C17H27N3O/c1-3-16(18)17(21)19-15-8-6-14(7-9-15)12-20-10-4-5-13(2)11-20/h6-9,13,16H,3-5,10-12,18H2,1-2H3,(H,19,21)/t13?,16-/m0/s1. The van der Waals surface area contributed by atoms with Crippen LogP contribution in [0.5, 0.6) is 0 Å². The summed E-state index contributed by atoms with van der Waals surface area (Å²) in [4.78, 5) is 14.2. The Hall–Kier alpha value is -1.39. The summed E-state index contributed by atoms with van der Waals surface area (Å²) in [6, 6.07) is 7.67. The molecule has 0 aromatic heterocycles. The minimum absolute atomic E-state index is 0.116. The van der Waals surface area contributed by atoms with Crippen LogP contribution in [0.15, 0.2) is 24.3 Å². The molecule has 2 rings (SSSR count). The molecule has 4 heteroatoms. The first-order valence-corrected chi connectivity index (χ1v) is 7.96. The van der Waals surface area contributed by atoms with Gasteiger partial charge in [0, 0.05) is 18.8 Å². The number of carbonyl (C=O) groups excluding carboxylic acids is 1. The van der Waals surface area contributed by atoms with Gasteiger partial charge in [-0.3, -0.25) is 9.69 Å². The molecule has 0 saturated carbocycles. The molecule has 0 bridgehead atoms. The van der Waals surface area contributed by atoms with Crippen molar-refractivity contribution < 1.29 is 4.79 Å². The molecule has 1 aliphatic rings. The van der Waals surface area contributed by atoms with E-state index in [-0.39, 0.29) is 5.91 Å². The summed E-state index contributed by atoms with van der Waals surface area (Å²) in [6.07, 6.45) is 3.29. The lowest BCUT2D eigenvalue weighted by atomic mass is 10.00. The van der Waals surface area contributed by atoms with Crippen molar-refractivity contribution >= 4 is 11.6 Å². The third-order valence-corrected chi connectivity index (χ3v) is 4.15. The van der Waals surface area contributed by atoms with Crippen molar-refractivity contribution in [3.63, 3.8) is 0 Å². The Bertz CT molecular complexity index is 458. The van der Waals surface area contributed by atoms with E-state index in [0.717, 1.165) is 18.2 Å². The van der Waals surface area contributed by atoms with E-state index in [2.05, 4.69) is 29.3 Å². The molecule has 116 valence electrons. The van der Waals surface area contributed by atoms with Crippen LogP contribution in [0, 0.1) is 5.92 Å². The average Bonchev–Trinajstić information content (AvgIpc) is 2.48. The highest BCUT2D eigenvalue weighted by molar-refractivity contribution is 5.94. The SMILES string of the molecule is CC[C@H](N)C(=O)Nc1ccc(CN2CCCC(C)C2)cc1. The lowest BCUT2D eigenvalue weighted by molar-refractivity contribution is -0.117. The summed E-state index contributed by atoms with van der Waals surface area (Å²) < 4.78 is 0. The first kappa shape index (κ1) is 16.0. The van der Waals surface area contributed by atoms with Gasteiger partial charge in [-0.15, -0.1) is 0 Å². The van der Waals surface area contributed by atoms with Crippen molar-refractivity contribution in [1.82, 2.24) is 4.90 Å². The van der Waals surface area contributed by atoms with Crippen LogP contribution in [0.1, 0.15) is 38.7 Å². The van der Waals surface area contributed by atoms with Crippen LogP contribution >= 0.6 is 0 Å². The lowest BCUT2D eigenvalue weighted by Gasteiger charge is -2.30. The Labute approximate surface area is 127 Å². The molecule has 1 aromatic carbocycles. The van der Waals surface area contributed by atoms with E-state index in [1.165, 1.54) is 31.5 Å². The quantitative estimate of drug-likeness (QED) is 0.876. The van der Waals surface area contributed by atoms with E-state index in [9.17, 15) is 4.79 Å². The van der Waals surface area contributed by atoms with Crippen LogP contribution < -0.4 is 11.1 Å². The highest BCUT2D eigenvalue weighted by Gasteiger charge is 2.16. The molecule has 1 heterocycles. The van der Waals surface area contributed by atoms with Gasteiger partial charge in [-0.2, -0.15) is 0 Å². The molecular weight excluding hydrogens is 262 g/mol. The normalized spacial score (nSPS) is 21.0. The number of nitrogens with one attached hydrogen (secondary N) is 1. The number of piperidine rings is 1. The van der Waals surface area contributed by atoms with E-state index in [0.29, 0.717) is 6.42 Å². The fraction of sp³-hybridized carbons (Fsp3) is 0.588. The van der Waals surface area contributed by atoms with E-state index in [1.807, 2.05) is 19.1 Å². The number of rotatable bonds is 5. The minimum Gasteiger partial charge on any atom is -0.325 e. The number of carbonyl (C=O) groups is 1. The second-order valence-corrected chi connectivity index (χ2v) is 6.18. The second kappa shape index (κ2) is 7.57. The summed E-state index contributed by atoms with van der Waals surface area (Å²) in [5.41, 5.74) is 7.82. The smallest absolute Gasteiger partial charge is 0.241 e. The fourth-order valence-electron chi connectivity index (χ4n) is 2.80. The Morgan fingerprint density at radius 3 is 2.76 bits per heavy atom. The number of nitrogens with two attached hydrogens (primary N) is 1. The summed E-state index contributed by atoms with van der Waals surface area (Å²) >= 11 is 0. The van der Waals surface area contributed by atoms with Gasteiger partial charge in [-0.1, -0.05) is 26.0 Å². The van der Waals surface area contributed by atoms with Gasteiger partial charge in [0.25, 0.3) is 0 Å². The molecule has 4 nitrogen and oxygen atoms in total. The molecule has 3 N–H and O–H groups in total. The molecular formula is C17H27N3O. The number of hydrogen-bond donors (Lipinski definition) is 2. The van der Waals surface area contributed by atoms with Gasteiger partial charge in [0.2, 0.25) is 5.91 Å². The fourth-order valence-corrected chi connectivity index (χ4v) is 2.80. The number of hydrogen-bond acceptors (Lipinski definition) is 3. The highest BCUT2D eigenvalue weighted by atomic mass is 16.2.